The molecule has 1 heterocycles. The van der Waals surface area contributed by atoms with Gasteiger partial charge < -0.3 is 14.5 Å². The first kappa shape index (κ1) is 9.74. The van der Waals surface area contributed by atoms with E-state index in [2.05, 4.69) is 5.32 Å². The quantitative estimate of drug-likeness (QED) is 0.781. The van der Waals surface area contributed by atoms with Crippen LogP contribution in [0.4, 0.5) is 0 Å². The smallest absolute Gasteiger partial charge is 0.123 e. The Morgan fingerprint density at radius 2 is 2.50 bits per heavy atom. The summed E-state index contributed by atoms with van der Waals surface area (Å²) in [6.07, 6.45) is 5.61. The van der Waals surface area contributed by atoms with Crippen LogP contribution in [0.1, 0.15) is 31.1 Å². The van der Waals surface area contributed by atoms with Crippen molar-refractivity contribution in [1.29, 1.82) is 0 Å². The Morgan fingerprint density at radius 1 is 1.64 bits per heavy atom. The number of ether oxygens (including phenoxy) is 1. The van der Waals surface area contributed by atoms with Crippen LogP contribution in [0.25, 0.3) is 0 Å². The average molecular weight is 195 g/mol. The largest absolute Gasteiger partial charge is 0.468 e. The molecule has 3 heteroatoms. The highest BCUT2D eigenvalue weighted by Gasteiger charge is 2.23. The molecule has 1 N–H and O–H groups in total. The normalized spacial score (nSPS) is 19.2. The standard InChI is InChI=1S/C11H17NO2/c1-13-8-10(11-6-3-7-14-11)12-9-4-2-5-9/h3,6-7,9-10,12H,2,4-5,8H2,1H3. The van der Waals surface area contributed by atoms with Crippen molar-refractivity contribution in [1.82, 2.24) is 5.32 Å². The van der Waals surface area contributed by atoms with Crippen molar-refractivity contribution >= 4 is 0 Å². The molecule has 1 aromatic rings. The van der Waals surface area contributed by atoms with E-state index in [1.165, 1.54) is 19.3 Å². The lowest BCUT2D eigenvalue weighted by molar-refractivity contribution is 0.141. The van der Waals surface area contributed by atoms with Crippen molar-refractivity contribution in [2.45, 2.75) is 31.3 Å². The van der Waals surface area contributed by atoms with E-state index in [4.69, 9.17) is 9.15 Å². The maximum absolute atomic E-state index is 5.38. The van der Waals surface area contributed by atoms with Crippen LogP contribution in [-0.2, 0) is 4.74 Å². The predicted octanol–water partition coefficient (Wildman–Crippen LogP) is 2.11. The molecule has 1 aliphatic rings. The minimum Gasteiger partial charge on any atom is -0.468 e. The van der Waals surface area contributed by atoms with Crippen LogP contribution in [0.15, 0.2) is 22.8 Å². The van der Waals surface area contributed by atoms with Crippen LogP contribution >= 0.6 is 0 Å². The monoisotopic (exact) mass is 195 g/mol. The van der Waals surface area contributed by atoms with Gasteiger partial charge in [-0.15, -0.1) is 0 Å². The Morgan fingerprint density at radius 3 is 3.00 bits per heavy atom. The minimum absolute atomic E-state index is 0.209. The van der Waals surface area contributed by atoms with Crippen LogP contribution in [0.5, 0.6) is 0 Å². The van der Waals surface area contributed by atoms with Crippen molar-refractivity contribution in [2.24, 2.45) is 0 Å². The highest BCUT2D eigenvalue weighted by atomic mass is 16.5. The van der Waals surface area contributed by atoms with E-state index in [1.54, 1.807) is 13.4 Å². The van der Waals surface area contributed by atoms with E-state index >= 15 is 0 Å². The molecule has 78 valence electrons. The van der Waals surface area contributed by atoms with Gasteiger partial charge in [0, 0.05) is 13.2 Å². The molecule has 1 atom stereocenters. The molecule has 1 fully saturated rings. The van der Waals surface area contributed by atoms with Gasteiger partial charge in [-0.1, -0.05) is 6.42 Å². The van der Waals surface area contributed by atoms with Crippen LogP contribution < -0.4 is 5.32 Å². The molecule has 0 spiro atoms. The zero-order valence-electron chi connectivity index (χ0n) is 8.53. The van der Waals surface area contributed by atoms with E-state index in [-0.39, 0.29) is 6.04 Å². The van der Waals surface area contributed by atoms with Crippen molar-refractivity contribution in [3.63, 3.8) is 0 Å². The van der Waals surface area contributed by atoms with Crippen molar-refractivity contribution in [2.75, 3.05) is 13.7 Å². The maximum Gasteiger partial charge on any atom is 0.123 e. The summed E-state index contributed by atoms with van der Waals surface area (Å²) in [6.45, 7) is 0.671. The topological polar surface area (TPSA) is 34.4 Å². The maximum atomic E-state index is 5.38. The molecule has 0 amide bonds. The summed E-state index contributed by atoms with van der Waals surface area (Å²) >= 11 is 0. The van der Waals surface area contributed by atoms with E-state index in [1.807, 2.05) is 12.1 Å². The average Bonchev–Trinajstić information content (AvgIpc) is 2.61. The van der Waals surface area contributed by atoms with Crippen LogP contribution in [0.2, 0.25) is 0 Å². The summed E-state index contributed by atoms with van der Waals surface area (Å²) in [5.74, 6) is 0.971. The van der Waals surface area contributed by atoms with Gasteiger partial charge in [0.05, 0.1) is 18.9 Å². The van der Waals surface area contributed by atoms with E-state index in [0.717, 1.165) is 5.76 Å². The molecule has 0 aliphatic heterocycles. The SMILES string of the molecule is COCC(NC1CCC1)c1ccco1. The molecule has 14 heavy (non-hydrogen) atoms. The first-order valence-electron chi connectivity index (χ1n) is 5.18. The summed E-state index contributed by atoms with van der Waals surface area (Å²) in [5.41, 5.74) is 0. The lowest BCUT2D eigenvalue weighted by Gasteiger charge is -2.30. The summed E-state index contributed by atoms with van der Waals surface area (Å²) in [4.78, 5) is 0. The summed E-state index contributed by atoms with van der Waals surface area (Å²) in [7, 11) is 1.72. The predicted molar refractivity (Wildman–Crippen MR) is 54.1 cm³/mol. The first-order chi connectivity index (χ1) is 6.90. The van der Waals surface area contributed by atoms with Crippen molar-refractivity contribution in [3.05, 3.63) is 24.2 Å². The lowest BCUT2D eigenvalue weighted by atomic mass is 9.92. The highest BCUT2D eigenvalue weighted by molar-refractivity contribution is 5.05. The lowest BCUT2D eigenvalue weighted by Crippen LogP contribution is -2.39. The molecule has 1 saturated carbocycles. The van der Waals surface area contributed by atoms with Crippen LogP contribution in [0, 0.1) is 0 Å². The summed E-state index contributed by atoms with van der Waals surface area (Å²) in [6, 6.07) is 4.77. The molecule has 0 radical (unpaired) electrons. The van der Waals surface area contributed by atoms with Gasteiger partial charge in [0.25, 0.3) is 0 Å². The third-order valence-corrected chi connectivity index (χ3v) is 2.76. The second-order valence-electron chi connectivity index (χ2n) is 3.82. The van der Waals surface area contributed by atoms with Gasteiger partial charge in [-0.25, -0.2) is 0 Å². The van der Waals surface area contributed by atoms with Crippen molar-refractivity contribution < 1.29 is 9.15 Å². The van der Waals surface area contributed by atoms with E-state index < -0.39 is 0 Å². The molecule has 0 aromatic carbocycles. The number of rotatable bonds is 5. The Balaban J connectivity index is 1.92. The van der Waals surface area contributed by atoms with E-state index in [9.17, 15) is 0 Å². The molecule has 3 nitrogen and oxygen atoms in total. The highest BCUT2D eigenvalue weighted by Crippen LogP contribution is 2.23. The number of furan rings is 1. The fourth-order valence-corrected chi connectivity index (χ4v) is 1.73. The number of hydrogen-bond donors (Lipinski definition) is 1. The Labute approximate surface area is 84.4 Å². The fraction of sp³-hybridized carbons (Fsp3) is 0.636. The van der Waals surface area contributed by atoms with Crippen LogP contribution in [0.3, 0.4) is 0 Å². The number of hydrogen-bond acceptors (Lipinski definition) is 3. The first-order valence-corrected chi connectivity index (χ1v) is 5.18. The summed E-state index contributed by atoms with van der Waals surface area (Å²) < 4.78 is 10.5. The number of nitrogens with one attached hydrogen (secondary N) is 1. The molecular weight excluding hydrogens is 178 g/mol. The van der Waals surface area contributed by atoms with Gasteiger partial charge in [0.15, 0.2) is 0 Å². The van der Waals surface area contributed by atoms with Gasteiger partial charge in [0.2, 0.25) is 0 Å². The van der Waals surface area contributed by atoms with E-state index in [0.29, 0.717) is 12.6 Å². The molecule has 0 saturated heterocycles. The molecule has 1 aliphatic carbocycles. The van der Waals surface area contributed by atoms with Gasteiger partial charge in [-0.3, -0.25) is 0 Å². The van der Waals surface area contributed by atoms with Gasteiger partial charge in [-0.2, -0.15) is 0 Å². The minimum atomic E-state index is 0.209. The van der Waals surface area contributed by atoms with Crippen LogP contribution in [-0.4, -0.2) is 19.8 Å². The number of methoxy groups -OCH3 is 1. The molecule has 2 rings (SSSR count). The van der Waals surface area contributed by atoms with Gasteiger partial charge >= 0.3 is 0 Å². The Kier molecular flexibility index (Phi) is 3.22. The zero-order valence-corrected chi connectivity index (χ0v) is 8.53. The Hall–Kier alpha value is -0.800. The third-order valence-electron chi connectivity index (χ3n) is 2.76. The second-order valence-corrected chi connectivity index (χ2v) is 3.82. The van der Waals surface area contributed by atoms with Gasteiger partial charge in [-0.05, 0) is 25.0 Å². The van der Waals surface area contributed by atoms with Gasteiger partial charge in [0.1, 0.15) is 5.76 Å². The molecule has 1 unspecified atom stereocenters. The molecular formula is C11H17NO2. The Bertz CT molecular complexity index is 254. The molecule has 0 bridgehead atoms. The molecule has 1 aromatic heterocycles. The second kappa shape index (κ2) is 4.62. The fourth-order valence-electron chi connectivity index (χ4n) is 1.73. The third kappa shape index (κ3) is 2.16. The zero-order chi connectivity index (χ0) is 9.80. The summed E-state index contributed by atoms with van der Waals surface area (Å²) in [5, 5.41) is 3.54. The van der Waals surface area contributed by atoms with Crippen molar-refractivity contribution in [3.8, 4) is 0 Å².